The van der Waals surface area contributed by atoms with Crippen molar-refractivity contribution in [3.05, 3.63) is 25.3 Å². The van der Waals surface area contributed by atoms with Gasteiger partial charge in [-0.05, 0) is 19.8 Å². The Bertz CT molecular complexity index is 826. The van der Waals surface area contributed by atoms with Gasteiger partial charge in [0.05, 0.1) is 29.2 Å². The summed E-state index contributed by atoms with van der Waals surface area (Å²) in [6.45, 7) is 12.6. The number of alkyl halides is 1. The van der Waals surface area contributed by atoms with Crippen LogP contribution in [0.4, 0.5) is 0 Å². The van der Waals surface area contributed by atoms with E-state index in [1.54, 1.807) is 52.6 Å². The van der Waals surface area contributed by atoms with Crippen LogP contribution in [0.3, 0.4) is 0 Å². The maximum absolute atomic E-state index is 14.1. The largest absolute Gasteiger partial charge is 0.394 e. The SMILES string of the molecule is C=CCN(C)C(=O)[C@H]1[C@@H]2SC3(CC2Br)C(C(=O)N(CC=C)CCCCC)N([C@H](C)CO)C(=O)[C@H]13. The lowest BCUT2D eigenvalue weighted by molar-refractivity contribution is -0.146. The van der Waals surface area contributed by atoms with Crippen LogP contribution in [0.25, 0.3) is 0 Å². The zero-order valence-electron chi connectivity index (χ0n) is 20.5. The average Bonchev–Trinajstić information content (AvgIpc) is 3.40. The monoisotopic (exact) mass is 555 g/mol. The van der Waals surface area contributed by atoms with Crippen molar-refractivity contribution in [1.29, 1.82) is 0 Å². The van der Waals surface area contributed by atoms with Crippen LogP contribution in [0.15, 0.2) is 25.3 Å². The molecule has 0 aromatic carbocycles. The lowest BCUT2D eigenvalue weighted by atomic mass is 9.70. The summed E-state index contributed by atoms with van der Waals surface area (Å²) in [6.07, 6.45) is 6.97. The van der Waals surface area contributed by atoms with Crippen LogP contribution in [0, 0.1) is 11.8 Å². The molecule has 0 radical (unpaired) electrons. The summed E-state index contributed by atoms with van der Waals surface area (Å²) < 4.78 is -0.698. The summed E-state index contributed by atoms with van der Waals surface area (Å²) >= 11 is 5.41. The first kappa shape index (κ1) is 27.3. The third-order valence-corrected chi connectivity index (χ3v) is 10.7. The summed E-state index contributed by atoms with van der Waals surface area (Å²) in [7, 11) is 1.73. The molecule has 3 heterocycles. The van der Waals surface area contributed by atoms with Gasteiger partial charge in [-0.3, -0.25) is 14.4 Å². The van der Waals surface area contributed by atoms with E-state index in [0.717, 1.165) is 19.3 Å². The van der Waals surface area contributed by atoms with E-state index in [9.17, 15) is 19.5 Å². The summed E-state index contributed by atoms with van der Waals surface area (Å²) in [5.41, 5.74) is 0. The van der Waals surface area contributed by atoms with Gasteiger partial charge in [-0.25, -0.2) is 0 Å². The molecule has 3 rings (SSSR count). The highest BCUT2D eigenvalue weighted by Gasteiger charge is 2.76. The van der Waals surface area contributed by atoms with Crippen LogP contribution < -0.4 is 0 Å². The molecule has 0 saturated carbocycles. The number of halogens is 1. The minimum atomic E-state index is -0.716. The molecule has 1 spiro atoms. The van der Waals surface area contributed by atoms with Crippen molar-refractivity contribution < 1.29 is 19.5 Å². The maximum Gasteiger partial charge on any atom is 0.247 e. The average molecular weight is 557 g/mol. The fraction of sp³-hybridized carbons (Fsp3) is 0.720. The maximum atomic E-state index is 14.1. The lowest BCUT2D eigenvalue weighted by Crippen LogP contribution is -2.57. The van der Waals surface area contributed by atoms with Gasteiger partial charge in [0.25, 0.3) is 0 Å². The van der Waals surface area contributed by atoms with Gasteiger partial charge in [0.1, 0.15) is 6.04 Å². The second kappa shape index (κ2) is 11.2. The number of hydrogen-bond donors (Lipinski definition) is 1. The van der Waals surface area contributed by atoms with E-state index in [1.165, 1.54) is 0 Å². The Morgan fingerprint density at radius 1 is 1.29 bits per heavy atom. The van der Waals surface area contributed by atoms with Gasteiger partial charge in [0.15, 0.2) is 0 Å². The fourth-order valence-corrected chi connectivity index (χ4v) is 9.49. The van der Waals surface area contributed by atoms with Gasteiger partial charge in [-0.1, -0.05) is 47.8 Å². The van der Waals surface area contributed by atoms with Crippen molar-refractivity contribution in [2.45, 2.75) is 66.4 Å². The molecule has 0 aromatic heterocycles. The number of fused-ring (bicyclic) bond motifs is 1. The van der Waals surface area contributed by atoms with Crippen LogP contribution in [0.5, 0.6) is 0 Å². The zero-order valence-corrected chi connectivity index (χ0v) is 22.9. The number of unbranched alkanes of at least 4 members (excludes halogenated alkanes) is 2. The van der Waals surface area contributed by atoms with E-state index in [-0.39, 0.29) is 34.4 Å². The van der Waals surface area contributed by atoms with Crippen LogP contribution in [-0.2, 0) is 14.4 Å². The number of carbonyl (C=O) groups excluding carboxylic acids is 3. The van der Waals surface area contributed by atoms with Crippen molar-refractivity contribution in [3.8, 4) is 0 Å². The number of nitrogens with zero attached hydrogens (tertiary/aromatic N) is 3. The second-order valence-electron chi connectivity index (χ2n) is 9.73. The molecule has 9 heteroatoms. The molecular weight excluding hydrogens is 518 g/mol. The predicted molar refractivity (Wildman–Crippen MR) is 140 cm³/mol. The van der Waals surface area contributed by atoms with E-state index >= 15 is 0 Å². The lowest BCUT2D eigenvalue weighted by Gasteiger charge is -2.39. The Kier molecular flexibility index (Phi) is 8.96. The molecule has 190 valence electrons. The molecule has 0 aromatic rings. The van der Waals surface area contributed by atoms with Crippen molar-refractivity contribution in [1.82, 2.24) is 14.7 Å². The van der Waals surface area contributed by atoms with E-state index in [1.807, 2.05) is 0 Å². The molecule has 34 heavy (non-hydrogen) atoms. The molecule has 3 aliphatic heterocycles. The Hall–Kier alpha value is -1.32. The van der Waals surface area contributed by atoms with E-state index in [2.05, 4.69) is 36.0 Å². The number of hydrogen-bond acceptors (Lipinski definition) is 5. The predicted octanol–water partition coefficient (Wildman–Crippen LogP) is 2.68. The van der Waals surface area contributed by atoms with Crippen LogP contribution in [-0.4, -0.2) is 97.7 Å². The van der Waals surface area contributed by atoms with E-state index < -0.39 is 28.7 Å². The highest BCUT2D eigenvalue weighted by molar-refractivity contribution is 9.09. The molecule has 2 bridgehead atoms. The fourth-order valence-electron chi connectivity index (χ4n) is 5.90. The Morgan fingerprint density at radius 3 is 2.56 bits per heavy atom. The van der Waals surface area contributed by atoms with Crippen molar-refractivity contribution in [2.75, 3.05) is 33.3 Å². The zero-order chi connectivity index (χ0) is 25.2. The number of likely N-dealkylation sites (tertiary alicyclic amines) is 1. The Morgan fingerprint density at radius 2 is 1.97 bits per heavy atom. The molecular formula is C25H38BrN3O4S. The van der Waals surface area contributed by atoms with Crippen LogP contribution in [0.2, 0.25) is 0 Å². The molecule has 3 saturated heterocycles. The van der Waals surface area contributed by atoms with Gasteiger partial charge in [-0.2, -0.15) is 0 Å². The molecule has 7 atom stereocenters. The smallest absolute Gasteiger partial charge is 0.247 e. The normalized spacial score (nSPS) is 32.4. The quantitative estimate of drug-likeness (QED) is 0.227. The van der Waals surface area contributed by atoms with Crippen LogP contribution in [0.1, 0.15) is 39.5 Å². The van der Waals surface area contributed by atoms with E-state index in [0.29, 0.717) is 26.1 Å². The first-order chi connectivity index (χ1) is 16.2. The van der Waals surface area contributed by atoms with Crippen molar-refractivity contribution >= 4 is 45.4 Å². The Labute approximate surface area is 216 Å². The minimum absolute atomic E-state index is 0.0280. The summed E-state index contributed by atoms with van der Waals surface area (Å²) in [6, 6.07) is -1.23. The third kappa shape index (κ3) is 4.48. The summed E-state index contributed by atoms with van der Waals surface area (Å²) in [5, 5.41) is 9.93. The minimum Gasteiger partial charge on any atom is -0.394 e. The summed E-state index contributed by atoms with van der Waals surface area (Å²) in [4.78, 5) is 46.6. The molecule has 0 aliphatic carbocycles. The number of aliphatic hydroxyl groups is 1. The van der Waals surface area contributed by atoms with Gasteiger partial charge in [0.2, 0.25) is 17.7 Å². The molecule has 7 nitrogen and oxygen atoms in total. The molecule has 1 N–H and O–H groups in total. The molecule has 3 amide bonds. The number of aliphatic hydroxyl groups excluding tert-OH is 1. The van der Waals surface area contributed by atoms with Crippen LogP contribution >= 0.6 is 27.7 Å². The van der Waals surface area contributed by atoms with Gasteiger partial charge in [0, 0.05) is 36.8 Å². The van der Waals surface area contributed by atoms with Gasteiger partial charge in [-0.15, -0.1) is 24.9 Å². The van der Waals surface area contributed by atoms with Crippen molar-refractivity contribution in [3.63, 3.8) is 0 Å². The summed E-state index contributed by atoms with van der Waals surface area (Å²) in [5.74, 6) is -1.48. The first-order valence-electron chi connectivity index (χ1n) is 12.2. The number of carbonyl (C=O) groups is 3. The number of rotatable bonds is 12. The second-order valence-corrected chi connectivity index (χ2v) is 12.4. The molecule has 3 unspecified atom stereocenters. The number of amides is 3. The highest BCUT2D eigenvalue weighted by Crippen LogP contribution is 2.68. The first-order valence-corrected chi connectivity index (χ1v) is 14.0. The molecule has 3 aliphatic rings. The van der Waals surface area contributed by atoms with Gasteiger partial charge < -0.3 is 19.8 Å². The number of thioether (sulfide) groups is 1. The Balaban J connectivity index is 2.04. The molecule has 3 fully saturated rings. The third-order valence-electron chi connectivity index (χ3n) is 7.46. The standard InChI is InChI=1S/C25H38BrN3O4S/c1-6-9-10-13-28(12-8-3)24(33)21-25-14-17(26)20(34-25)18(22(31)27(5)11-7-2)19(25)23(32)29(21)16(4)15-30/h7-8,16-21,30H,2-3,6,9-15H2,1,4-5H3/t16-,17?,18-,19+,20-,21?,25?/m1/s1. The topological polar surface area (TPSA) is 81.2 Å². The number of likely N-dealkylation sites (N-methyl/N-ethyl adjacent to an activating group) is 1. The van der Waals surface area contributed by atoms with Crippen molar-refractivity contribution in [2.24, 2.45) is 11.8 Å². The van der Waals surface area contributed by atoms with E-state index in [4.69, 9.17) is 0 Å². The highest BCUT2D eigenvalue weighted by atomic mass is 79.9. The van der Waals surface area contributed by atoms with Gasteiger partial charge >= 0.3 is 0 Å².